The Morgan fingerprint density at radius 3 is 2.83 bits per heavy atom. The van der Waals surface area contributed by atoms with Gasteiger partial charge in [-0.25, -0.2) is 8.78 Å². The Labute approximate surface area is 108 Å². The maximum Gasteiger partial charge on any atom is 0.276 e. The molecule has 0 saturated carbocycles. The molecule has 0 amide bonds. The molecule has 0 aliphatic rings. The van der Waals surface area contributed by atoms with Gasteiger partial charge in [-0.15, -0.1) is 0 Å². The Morgan fingerprint density at radius 2 is 2.11 bits per heavy atom. The van der Waals surface area contributed by atoms with E-state index in [1.165, 1.54) is 0 Å². The maximum atomic E-state index is 13.1. The number of benzene rings is 1. The van der Waals surface area contributed by atoms with Gasteiger partial charge in [0.2, 0.25) is 0 Å². The highest BCUT2D eigenvalue weighted by atomic mass is 35.5. The zero-order valence-corrected chi connectivity index (χ0v) is 10.2. The number of anilines is 1. The lowest BCUT2D eigenvalue weighted by molar-refractivity contribution is 0.0254. The molecular formula is C12H12ClF2N3. The minimum Gasteiger partial charge on any atom is -0.378 e. The predicted molar refractivity (Wildman–Crippen MR) is 69.2 cm³/mol. The monoisotopic (exact) mass is 271 g/mol. The maximum absolute atomic E-state index is 13.1. The molecule has 1 aromatic carbocycles. The van der Waals surface area contributed by atoms with Gasteiger partial charge in [0.25, 0.3) is 5.92 Å². The van der Waals surface area contributed by atoms with Crippen molar-refractivity contribution in [3.63, 3.8) is 0 Å². The van der Waals surface area contributed by atoms with Crippen LogP contribution in [0.5, 0.6) is 0 Å². The number of aromatic nitrogens is 1. The van der Waals surface area contributed by atoms with Crippen molar-refractivity contribution in [3.8, 4) is 0 Å². The number of nitrogens with one attached hydrogen (secondary N) is 1. The molecule has 3 nitrogen and oxygen atoms in total. The quantitative estimate of drug-likeness (QED) is 0.899. The van der Waals surface area contributed by atoms with Crippen LogP contribution in [0, 0.1) is 0 Å². The van der Waals surface area contributed by atoms with Gasteiger partial charge in [0.15, 0.2) is 0 Å². The fourth-order valence-electron chi connectivity index (χ4n) is 1.57. The van der Waals surface area contributed by atoms with Gasteiger partial charge in [-0.2, -0.15) is 0 Å². The summed E-state index contributed by atoms with van der Waals surface area (Å²) in [4.78, 5) is 4.13. The van der Waals surface area contributed by atoms with E-state index in [2.05, 4.69) is 10.3 Å². The fourth-order valence-corrected chi connectivity index (χ4v) is 1.74. The Bertz CT molecular complexity index is 560. The van der Waals surface area contributed by atoms with Crippen LogP contribution in [-0.4, -0.2) is 24.0 Å². The molecule has 0 unspecified atom stereocenters. The van der Waals surface area contributed by atoms with Gasteiger partial charge < -0.3 is 11.1 Å². The Balaban J connectivity index is 2.29. The summed E-state index contributed by atoms with van der Waals surface area (Å²) < 4.78 is 26.2. The minimum absolute atomic E-state index is 0.509. The average molecular weight is 272 g/mol. The number of hydrogen-bond donors (Lipinski definition) is 2. The number of pyridine rings is 1. The van der Waals surface area contributed by atoms with Crippen molar-refractivity contribution in [2.24, 2.45) is 5.73 Å². The van der Waals surface area contributed by atoms with E-state index in [1.54, 1.807) is 30.5 Å². The van der Waals surface area contributed by atoms with Crippen molar-refractivity contribution in [1.29, 1.82) is 0 Å². The molecule has 0 saturated heterocycles. The number of nitrogens with two attached hydrogens (primary N) is 1. The van der Waals surface area contributed by atoms with Gasteiger partial charge in [0.1, 0.15) is 0 Å². The fraction of sp³-hybridized carbons (Fsp3) is 0.250. The summed E-state index contributed by atoms with van der Waals surface area (Å²) in [6.45, 7) is -1.19. The van der Waals surface area contributed by atoms with Crippen LogP contribution in [0.15, 0.2) is 30.5 Å². The molecule has 0 fully saturated rings. The van der Waals surface area contributed by atoms with Crippen molar-refractivity contribution in [1.82, 2.24) is 4.98 Å². The second-order valence-electron chi connectivity index (χ2n) is 3.93. The molecular weight excluding hydrogens is 260 g/mol. The van der Waals surface area contributed by atoms with Gasteiger partial charge in [0, 0.05) is 22.3 Å². The summed E-state index contributed by atoms with van der Waals surface area (Å²) in [5.74, 6) is -2.93. The molecule has 0 atom stereocenters. The van der Waals surface area contributed by atoms with Crippen LogP contribution < -0.4 is 11.1 Å². The topological polar surface area (TPSA) is 50.9 Å². The SMILES string of the molecule is NCC(F)(F)CNc1ccnc2cc(Cl)ccc12. The van der Waals surface area contributed by atoms with E-state index in [1.807, 2.05) is 0 Å². The molecule has 0 aliphatic carbocycles. The molecule has 1 aromatic heterocycles. The lowest BCUT2D eigenvalue weighted by atomic mass is 10.2. The van der Waals surface area contributed by atoms with E-state index in [9.17, 15) is 8.78 Å². The zero-order valence-electron chi connectivity index (χ0n) is 9.46. The second kappa shape index (κ2) is 5.04. The highest BCUT2D eigenvalue weighted by Gasteiger charge is 2.26. The number of halogens is 3. The Morgan fingerprint density at radius 1 is 1.33 bits per heavy atom. The second-order valence-corrected chi connectivity index (χ2v) is 4.37. The normalized spacial score (nSPS) is 11.8. The van der Waals surface area contributed by atoms with Gasteiger partial charge >= 0.3 is 0 Å². The number of rotatable bonds is 4. The van der Waals surface area contributed by atoms with E-state index < -0.39 is 19.0 Å². The predicted octanol–water partition coefficient (Wildman–Crippen LogP) is 2.89. The molecule has 18 heavy (non-hydrogen) atoms. The van der Waals surface area contributed by atoms with E-state index in [0.717, 1.165) is 5.39 Å². The van der Waals surface area contributed by atoms with E-state index >= 15 is 0 Å². The number of alkyl halides is 2. The van der Waals surface area contributed by atoms with E-state index in [4.69, 9.17) is 17.3 Å². The summed E-state index contributed by atoms with van der Waals surface area (Å²) >= 11 is 5.85. The highest BCUT2D eigenvalue weighted by molar-refractivity contribution is 6.31. The Kier molecular flexibility index (Phi) is 3.63. The largest absolute Gasteiger partial charge is 0.378 e. The first-order chi connectivity index (χ1) is 8.52. The standard InChI is InChI=1S/C12H12ClF2N3/c13-8-1-2-9-10(3-4-17-11(9)5-8)18-7-12(14,15)6-16/h1-5H,6-7,16H2,(H,17,18). The van der Waals surface area contributed by atoms with Crippen LogP contribution in [0.4, 0.5) is 14.5 Å². The van der Waals surface area contributed by atoms with E-state index in [0.29, 0.717) is 16.2 Å². The van der Waals surface area contributed by atoms with Crippen molar-refractivity contribution >= 4 is 28.2 Å². The average Bonchev–Trinajstić information content (AvgIpc) is 2.36. The van der Waals surface area contributed by atoms with Gasteiger partial charge in [-0.3, -0.25) is 4.98 Å². The molecule has 1 heterocycles. The van der Waals surface area contributed by atoms with Crippen LogP contribution in [-0.2, 0) is 0 Å². The first kappa shape index (κ1) is 13.0. The lowest BCUT2D eigenvalue weighted by Crippen LogP contribution is -2.35. The van der Waals surface area contributed by atoms with Crippen molar-refractivity contribution in [2.75, 3.05) is 18.4 Å². The molecule has 2 rings (SSSR count). The highest BCUT2D eigenvalue weighted by Crippen LogP contribution is 2.25. The third-order valence-electron chi connectivity index (χ3n) is 2.54. The molecule has 0 aliphatic heterocycles. The number of fused-ring (bicyclic) bond motifs is 1. The molecule has 0 spiro atoms. The minimum atomic E-state index is -2.93. The zero-order chi connectivity index (χ0) is 13.2. The summed E-state index contributed by atoms with van der Waals surface area (Å²) in [6, 6.07) is 6.76. The number of nitrogens with zero attached hydrogens (tertiary/aromatic N) is 1. The molecule has 6 heteroatoms. The van der Waals surface area contributed by atoms with Crippen LogP contribution in [0.1, 0.15) is 0 Å². The van der Waals surface area contributed by atoms with Crippen LogP contribution in [0.25, 0.3) is 10.9 Å². The van der Waals surface area contributed by atoms with Crippen molar-refractivity contribution in [2.45, 2.75) is 5.92 Å². The molecule has 96 valence electrons. The molecule has 3 N–H and O–H groups in total. The van der Waals surface area contributed by atoms with Crippen LogP contribution in [0.3, 0.4) is 0 Å². The molecule has 2 aromatic rings. The first-order valence-electron chi connectivity index (χ1n) is 5.38. The molecule has 0 radical (unpaired) electrons. The summed E-state index contributed by atoms with van der Waals surface area (Å²) in [5.41, 5.74) is 6.23. The third kappa shape index (κ3) is 2.86. The summed E-state index contributed by atoms with van der Waals surface area (Å²) in [7, 11) is 0. The van der Waals surface area contributed by atoms with Gasteiger partial charge in [-0.1, -0.05) is 11.6 Å². The van der Waals surface area contributed by atoms with Crippen molar-refractivity contribution in [3.05, 3.63) is 35.5 Å². The van der Waals surface area contributed by atoms with Crippen LogP contribution in [0.2, 0.25) is 5.02 Å². The van der Waals surface area contributed by atoms with E-state index in [-0.39, 0.29) is 0 Å². The number of hydrogen-bond acceptors (Lipinski definition) is 3. The van der Waals surface area contributed by atoms with Crippen LogP contribution >= 0.6 is 11.6 Å². The smallest absolute Gasteiger partial charge is 0.276 e. The van der Waals surface area contributed by atoms with Crippen molar-refractivity contribution < 1.29 is 8.78 Å². The summed E-state index contributed by atoms with van der Waals surface area (Å²) in [5, 5.41) is 3.99. The van der Waals surface area contributed by atoms with Gasteiger partial charge in [-0.05, 0) is 24.3 Å². The third-order valence-corrected chi connectivity index (χ3v) is 2.78. The summed E-state index contributed by atoms with van der Waals surface area (Å²) in [6.07, 6.45) is 1.54. The first-order valence-corrected chi connectivity index (χ1v) is 5.76. The lowest BCUT2D eigenvalue weighted by Gasteiger charge is -2.16. The van der Waals surface area contributed by atoms with Gasteiger partial charge in [0.05, 0.1) is 18.6 Å². The Hall–Kier alpha value is -1.46. The molecule has 0 bridgehead atoms.